The Kier molecular flexibility index (Phi) is 12.1. The number of aromatic nitrogens is 5. The van der Waals surface area contributed by atoms with Crippen LogP contribution in [0.15, 0.2) is 66.1 Å². The molecular weight excluding hydrogens is 775 g/mol. The van der Waals surface area contributed by atoms with Crippen molar-refractivity contribution in [1.29, 1.82) is 0 Å². The summed E-state index contributed by atoms with van der Waals surface area (Å²) in [6, 6.07) is 14.1. The molecule has 1 aliphatic heterocycles. The third-order valence-electron chi connectivity index (χ3n) is 16.5. The van der Waals surface area contributed by atoms with Crippen LogP contribution < -0.4 is 10.5 Å². The lowest BCUT2D eigenvalue weighted by Gasteiger charge is -2.60. The second kappa shape index (κ2) is 17.4. The van der Waals surface area contributed by atoms with Crippen LogP contribution in [0.1, 0.15) is 122 Å². The van der Waals surface area contributed by atoms with Crippen LogP contribution in [-0.4, -0.2) is 85.5 Å². The number of hydrogen-bond acceptors (Lipinski definition) is 9. The number of carbonyl (C=O) groups excluding carboxylic acids is 1. The van der Waals surface area contributed by atoms with Crippen molar-refractivity contribution in [2.75, 3.05) is 44.2 Å². The van der Waals surface area contributed by atoms with Crippen LogP contribution in [0.3, 0.4) is 0 Å². The topological polar surface area (TPSA) is 119 Å². The fourth-order valence-corrected chi connectivity index (χ4v) is 12.9. The van der Waals surface area contributed by atoms with Crippen molar-refractivity contribution < 1.29 is 14.6 Å². The zero-order chi connectivity index (χ0) is 43.2. The van der Waals surface area contributed by atoms with Crippen LogP contribution in [0.2, 0.25) is 0 Å². The van der Waals surface area contributed by atoms with Gasteiger partial charge in [-0.15, -0.1) is 6.58 Å². The number of allylic oxidation sites excluding steroid dienone is 1. The van der Waals surface area contributed by atoms with E-state index in [1.807, 2.05) is 12.1 Å². The van der Waals surface area contributed by atoms with Crippen LogP contribution in [-0.2, 0) is 28.1 Å². The zero-order valence-corrected chi connectivity index (χ0v) is 37.7. The van der Waals surface area contributed by atoms with Crippen LogP contribution in [0, 0.1) is 34.5 Å². The van der Waals surface area contributed by atoms with E-state index in [2.05, 4.69) is 59.5 Å². The number of pyridine rings is 1. The predicted molar refractivity (Wildman–Crippen MR) is 245 cm³/mol. The molecule has 7 atom stereocenters. The van der Waals surface area contributed by atoms with Crippen LogP contribution in [0.5, 0.6) is 0 Å². The molecule has 11 heteroatoms. The van der Waals surface area contributed by atoms with Gasteiger partial charge in [-0.3, -0.25) is 14.5 Å². The van der Waals surface area contributed by atoms with Gasteiger partial charge in [0.25, 0.3) is 5.56 Å². The second-order valence-corrected chi connectivity index (χ2v) is 20.6. The molecule has 5 fully saturated rings. The minimum absolute atomic E-state index is 0.215. The SMILES string of the molecule is C=CCn1c(=O)c2cnc(Cc3ccc(N4CCN(CCCCCO[C@H]5CC[C@H]6[C@@H]7CC[C@H]8CC(=O)CC[C@]8(C)[C@H]7CC[C@]56C)CC4)cc3)nc2n1-c1cccc(C(C)(C)O)n1. The quantitative estimate of drug-likeness (QED) is 0.0989. The summed E-state index contributed by atoms with van der Waals surface area (Å²) in [5.41, 5.74) is 2.67. The van der Waals surface area contributed by atoms with Crippen molar-refractivity contribution in [1.82, 2.24) is 29.2 Å². The Hall–Kier alpha value is -4.19. The largest absolute Gasteiger partial charge is 0.384 e. The lowest BCUT2D eigenvalue weighted by Crippen LogP contribution is -2.54. The molecule has 4 heterocycles. The summed E-state index contributed by atoms with van der Waals surface area (Å²) in [5.74, 6) is 4.70. The molecule has 9 rings (SSSR count). The average molecular weight is 844 g/mol. The molecule has 1 N–H and O–H groups in total. The number of carbonyl (C=O) groups is 1. The number of piperazine rings is 1. The van der Waals surface area contributed by atoms with Gasteiger partial charge in [-0.05, 0) is 149 Å². The molecule has 4 saturated carbocycles. The smallest absolute Gasteiger partial charge is 0.278 e. The molecule has 3 aromatic heterocycles. The number of anilines is 1. The molecule has 11 nitrogen and oxygen atoms in total. The maximum absolute atomic E-state index is 13.4. The minimum atomic E-state index is -1.14. The monoisotopic (exact) mass is 844 g/mol. The fourth-order valence-electron chi connectivity index (χ4n) is 12.9. The Bertz CT molecular complexity index is 2300. The van der Waals surface area contributed by atoms with Crippen molar-refractivity contribution in [3.8, 4) is 5.82 Å². The highest BCUT2D eigenvalue weighted by atomic mass is 16.5. The van der Waals surface area contributed by atoms with E-state index in [0.29, 0.717) is 63.4 Å². The lowest BCUT2D eigenvalue weighted by molar-refractivity contribution is -0.145. The first-order chi connectivity index (χ1) is 29.9. The van der Waals surface area contributed by atoms with Crippen molar-refractivity contribution in [2.24, 2.45) is 34.5 Å². The summed E-state index contributed by atoms with van der Waals surface area (Å²) in [6.07, 6.45) is 18.4. The molecule has 62 heavy (non-hydrogen) atoms. The summed E-state index contributed by atoms with van der Waals surface area (Å²) in [6.45, 7) is 18.9. The van der Waals surface area contributed by atoms with E-state index < -0.39 is 5.60 Å². The first kappa shape index (κ1) is 43.1. The second-order valence-electron chi connectivity index (χ2n) is 20.6. The number of nitrogens with zero attached hydrogens (tertiary/aromatic N) is 7. The number of ketones is 1. The number of unbranched alkanes of at least 4 members (excludes halogenated alkanes) is 2. The Morgan fingerprint density at radius 3 is 2.47 bits per heavy atom. The Labute approximate surface area is 368 Å². The van der Waals surface area contributed by atoms with Gasteiger partial charge in [-0.2, -0.15) is 0 Å². The number of hydrogen-bond donors (Lipinski definition) is 1. The van der Waals surface area contributed by atoms with Crippen molar-refractivity contribution in [3.05, 3.63) is 88.8 Å². The molecule has 0 unspecified atom stereocenters. The number of benzene rings is 1. The zero-order valence-electron chi connectivity index (χ0n) is 37.7. The number of Topliss-reactive ketones (excluding diaryl/α,β-unsaturated/α-hetero) is 1. The summed E-state index contributed by atoms with van der Waals surface area (Å²) >= 11 is 0. The third-order valence-corrected chi connectivity index (χ3v) is 16.5. The summed E-state index contributed by atoms with van der Waals surface area (Å²) < 4.78 is 10.0. The Morgan fingerprint density at radius 1 is 0.903 bits per heavy atom. The molecule has 5 aliphatic rings. The molecule has 0 bridgehead atoms. The molecule has 0 spiro atoms. The fraction of sp³-hybridized carbons (Fsp3) is 0.627. The molecule has 1 aromatic carbocycles. The van der Waals surface area contributed by atoms with E-state index >= 15 is 0 Å². The van der Waals surface area contributed by atoms with Crippen molar-refractivity contribution >= 4 is 22.5 Å². The predicted octanol–water partition coefficient (Wildman–Crippen LogP) is 8.27. The van der Waals surface area contributed by atoms with Gasteiger partial charge >= 0.3 is 0 Å². The maximum Gasteiger partial charge on any atom is 0.278 e. The normalized spacial score (nSPS) is 29.1. The van der Waals surface area contributed by atoms with Crippen molar-refractivity contribution in [3.63, 3.8) is 0 Å². The molecule has 1 saturated heterocycles. The Balaban J connectivity index is 0.725. The highest BCUT2D eigenvalue weighted by molar-refractivity contribution is 5.79. The number of aliphatic hydroxyl groups is 1. The molecule has 4 aliphatic carbocycles. The molecular formula is C51H69N7O4. The highest BCUT2D eigenvalue weighted by Gasteiger charge is 2.60. The van der Waals surface area contributed by atoms with E-state index in [1.165, 1.54) is 57.1 Å². The van der Waals surface area contributed by atoms with E-state index in [-0.39, 0.29) is 12.1 Å². The standard InChI is InChI=1S/C51H69N7O4/c1-6-25-57-48(60)40-34-52-45(54-47(40)58(57)46-12-10-11-43(53-46)49(2,3)61)32-35-13-16-37(17-14-35)56-29-27-55(28-30-56)26-8-7-9-31-62-44-20-19-41-39-18-15-36-33-38(59)21-23-50(36,4)42(39)22-24-51(41,44)5/h6,10-14,16-17,34,36,39,41-42,44,61H,1,7-9,15,18-33H2,2-5H3/t36-,39-,41-,42-,44-,50-,51-/m0/s1. The van der Waals surface area contributed by atoms with E-state index in [4.69, 9.17) is 14.7 Å². The van der Waals surface area contributed by atoms with Gasteiger partial charge in [0, 0.05) is 63.9 Å². The summed E-state index contributed by atoms with van der Waals surface area (Å²) in [7, 11) is 0. The van der Waals surface area contributed by atoms with Gasteiger partial charge in [0.15, 0.2) is 11.5 Å². The van der Waals surface area contributed by atoms with E-state index in [1.54, 1.807) is 41.6 Å². The number of rotatable bonds is 14. The molecule has 0 radical (unpaired) electrons. The molecule has 332 valence electrons. The average Bonchev–Trinajstić information content (AvgIpc) is 3.74. The molecule has 0 amide bonds. The third kappa shape index (κ3) is 8.22. The van der Waals surface area contributed by atoms with Gasteiger partial charge in [0.2, 0.25) is 0 Å². The lowest BCUT2D eigenvalue weighted by atomic mass is 9.45. The van der Waals surface area contributed by atoms with Crippen LogP contribution >= 0.6 is 0 Å². The maximum atomic E-state index is 13.4. The first-order valence-corrected chi connectivity index (χ1v) is 23.8. The van der Waals surface area contributed by atoms with Gasteiger partial charge in [0.05, 0.1) is 18.3 Å². The van der Waals surface area contributed by atoms with E-state index in [9.17, 15) is 14.7 Å². The van der Waals surface area contributed by atoms with Crippen LogP contribution in [0.25, 0.3) is 16.9 Å². The van der Waals surface area contributed by atoms with Crippen molar-refractivity contribution in [2.45, 2.75) is 129 Å². The van der Waals surface area contributed by atoms with Gasteiger partial charge < -0.3 is 14.7 Å². The van der Waals surface area contributed by atoms with Gasteiger partial charge in [0.1, 0.15) is 22.6 Å². The number of ether oxygens (including phenoxy) is 1. The van der Waals surface area contributed by atoms with E-state index in [0.717, 1.165) is 88.3 Å². The van der Waals surface area contributed by atoms with Crippen LogP contribution in [0.4, 0.5) is 5.69 Å². The summed E-state index contributed by atoms with van der Waals surface area (Å²) in [5, 5.41) is 11.0. The van der Waals surface area contributed by atoms with Gasteiger partial charge in [-0.1, -0.05) is 38.1 Å². The summed E-state index contributed by atoms with van der Waals surface area (Å²) in [4.78, 5) is 45.0. The molecule has 4 aromatic rings. The minimum Gasteiger partial charge on any atom is -0.384 e. The van der Waals surface area contributed by atoms with Gasteiger partial charge in [-0.25, -0.2) is 24.3 Å². The Morgan fingerprint density at radius 2 is 1.69 bits per heavy atom. The number of fused-ring (bicyclic) bond motifs is 6. The highest BCUT2D eigenvalue weighted by Crippen LogP contribution is 2.66. The first-order valence-electron chi connectivity index (χ1n) is 23.8.